The molecule has 0 spiro atoms. The largest absolute Gasteiger partial charge is 0.573 e. The van der Waals surface area contributed by atoms with Gasteiger partial charge in [-0.2, -0.15) is 0 Å². The molecule has 3 rings (SSSR count). The van der Waals surface area contributed by atoms with E-state index in [1.54, 1.807) is 12.1 Å². The lowest BCUT2D eigenvalue weighted by molar-refractivity contribution is -0.278. The molecule has 2 saturated heterocycles. The molecule has 2 aliphatic rings. The second-order valence-corrected chi connectivity index (χ2v) is 7.22. The highest BCUT2D eigenvalue weighted by molar-refractivity contribution is 5.27. The minimum absolute atomic E-state index is 0.0288. The maximum atomic E-state index is 12.2. The molecule has 0 N–H and O–H groups in total. The van der Waals surface area contributed by atoms with E-state index in [9.17, 15) is 13.2 Å². The molecule has 1 aromatic carbocycles. The lowest BCUT2D eigenvalue weighted by Gasteiger charge is -2.37. The Labute approximate surface area is 168 Å². The van der Waals surface area contributed by atoms with Gasteiger partial charge >= 0.3 is 6.36 Å². The second kappa shape index (κ2) is 10.4. The van der Waals surface area contributed by atoms with Crippen molar-refractivity contribution in [3.8, 4) is 5.75 Å². The summed E-state index contributed by atoms with van der Waals surface area (Å²) in [6.45, 7) is 4.34. The van der Waals surface area contributed by atoms with Crippen LogP contribution < -0.4 is 4.74 Å². The van der Waals surface area contributed by atoms with Gasteiger partial charge in [0.15, 0.2) is 12.6 Å². The van der Waals surface area contributed by atoms with Crippen LogP contribution in [0.2, 0.25) is 0 Å². The van der Waals surface area contributed by atoms with Crippen LogP contribution in [-0.2, 0) is 25.4 Å². The van der Waals surface area contributed by atoms with E-state index in [2.05, 4.69) is 23.8 Å². The van der Waals surface area contributed by atoms with Crippen molar-refractivity contribution in [2.24, 2.45) is 11.8 Å². The van der Waals surface area contributed by atoms with Gasteiger partial charge in [-0.05, 0) is 30.5 Å². The van der Waals surface area contributed by atoms with E-state index in [0.717, 1.165) is 12.0 Å². The van der Waals surface area contributed by atoms with Crippen molar-refractivity contribution in [1.82, 2.24) is 0 Å². The number of allylic oxidation sites excluding steroid dienone is 1. The van der Waals surface area contributed by atoms with Gasteiger partial charge in [0.25, 0.3) is 0 Å². The van der Waals surface area contributed by atoms with E-state index in [0.29, 0.717) is 39.3 Å². The van der Waals surface area contributed by atoms with Crippen molar-refractivity contribution in [1.29, 1.82) is 0 Å². The summed E-state index contributed by atoms with van der Waals surface area (Å²) in [5.41, 5.74) is 0.888. The van der Waals surface area contributed by atoms with Crippen LogP contribution in [0, 0.1) is 11.8 Å². The fourth-order valence-corrected chi connectivity index (χ4v) is 3.27. The molecule has 29 heavy (non-hydrogen) atoms. The summed E-state index contributed by atoms with van der Waals surface area (Å²) in [4.78, 5) is 0. The number of benzene rings is 1. The first-order valence-corrected chi connectivity index (χ1v) is 9.90. The highest BCUT2D eigenvalue weighted by atomic mass is 19.4. The van der Waals surface area contributed by atoms with Crippen LogP contribution >= 0.6 is 0 Å². The maximum absolute atomic E-state index is 12.2. The monoisotopic (exact) mass is 416 g/mol. The summed E-state index contributed by atoms with van der Waals surface area (Å²) in [7, 11) is 0. The van der Waals surface area contributed by atoms with Gasteiger partial charge in [-0.3, -0.25) is 0 Å². The summed E-state index contributed by atoms with van der Waals surface area (Å²) in [5, 5.41) is 0. The molecule has 0 radical (unpaired) electrons. The molecule has 0 aromatic heterocycles. The zero-order valence-electron chi connectivity index (χ0n) is 16.4. The molecule has 2 fully saturated rings. The molecule has 162 valence electrons. The van der Waals surface area contributed by atoms with Crippen LogP contribution in [0.4, 0.5) is 13.2 Å². The minimum Gasteiger partial charge on any atom is -0.406 e. The molecule has 0 atom stereocenters. The van der Waals surface area contributed by atoms with Crippen molar-refractivity contribution in [3.05, 3.63) is 42.0 Å². The van der Waals surface area contributed by atoms with E-state index in [1.807, 2.05) is 0 Å². The molecule has 0 amide bonds. The number of rotatable bonds is 7. The molecule has 1 aromatic rings. The third kappa shape index (κ3) is 7.29. The smallest absolute Gasteiger partial charge is 0.406 e. The Hall–Kier alpha value is -1.61. The Morgan fingerprint density at radius 3 is 2.24 bits per heavy atom. The summed E-state index contributed by atoms with van der Waals surface area (Å²) < 4.78 is 63.6. The number of aryl methyl sites for hydroxylation is 1. The molecular formula is C21H27F3O5. The summed E-state index contributed by atoms with van der Waals surface area (Å²) in [6, 6.07) is 5.84. The minimum atomic E-state index is -4.68. The molecule has 2 heterocycles. The normalized spacial score (nSPS) is 28.6. The molecule has 0 saturated carbocycles. The van der Waals surface area contributed by atoms with Crippen LogP contribution in [0.3, 0.4) is 0 Å². The summed E-state index contributed by atoms with van der Waals surface area (Å²) in [6.07, 6.45) is 1.14. The summed E-state index contributed by atoms with van der Waals surface area (Å²) >= 11 is 0. The Bertz CT molecular complexity index is 631. The first-order chi connectivity index (χ1) is 13.9. The third-order valence-electron chi connectivity index (χ3n) is 4.80. The lowest BCUT2D eigenvalue weighted by atomic mass is 10.1. The van der Waals surface area contributed by atoms with Crippen molar-refractivity contribution in [2.45, 2.75) is 45.1 Å². The predicted octanol–water partition coefficient (Wildman–Crippen LogP) is 4.46. The van der Waals surface area contributed by atoms with E-state index in [-0.39, 0.29) is 30.2 Å². The van der Waals surface area contributed by atoms with E-state index >= 15 is 0 Å². The van der Waals surface area contributed by atoms with Crippen molar-refractivity contribution in [3.63, 3.8) is 0 Å². The highest BCUT2D eigenvalue weighted by Crippen LogP contribution is 2.26. The zero-order chi connectivity index (χ0) is 20.7. The topological polar surface area (TPSA) is 46.2 Å². The quantitative estimate of drug-likeness (QED) is 0.614. The first kappa shape index (κ1) is 22.1. The van der Waals surface area contributed by atoms with E-state index < -0.39 is 6.36 Å². The Morgan fingerprint density at radius 1 is 1.00 bits per heavy atom. The van der Waals surface area contributed by atoms with Crippen LogP contribution in [0.1, 0.15) is 25.3 Å². The van der Waals surface area contributed by atoms with Crippen molar-refractivity contribution in [2.75, 3.05) is 26.4 Å². The predicted molar refractivity (Wildman–Crippen MR) is 99.2 cm³/mol. The van der Waals surface area contributed by atoms with Gasteiger partial charge in [0.05, 0.1) is 32.3 Å². The maximum Gasteiger partial charge on any atom is 0.573 e. The van der Waals surface area contributed by atoms with Gasteiger partial charge in [-0.25, -0.2) is 0 Å². The van der Waals surface area contributed by atoms with Crippen molar-refractivity contribution < 1.29 is 36.9 Å². The van der Waals surface area contributed by atoms with Gasteiger partial charge in [-0.15, -0.1) is 13.2 Å². The van der Waals surface area contributed by atoms with Crippen LogP contribution in [-0.4, -0.2) is 45.4 Å². The molecule has 5 nitrogen and oxygen atoms in total. The Balaban J connectivity index is 1.35. The molecule has 0 aliphatic carbocycles. The fraction of sp³-hybridized carbons (Fsp3) is 0.619. The van der Waals surface area contributed by atoms with E-state index in [4.69, 9.17) is 18.9 Å². The molecule has 0 bridgehead atoms. The van der Waals surface area contributed by atoms with Gasteiger partial charge in [-0.1, -0.05) is 31.2 Å². The van der Waals surface area contributed by atoms with Gasteiger partial charge < -0.3 is 23.7 Å². The SMILES string of the molecule is CCC=CC1COC(C2COC(CCc3ccc(OC(F)(F)F)cc3)OC2)OC1. The number of hydrogen-bond donors (Lipinski definition) is 0. The Morgan fingerprint density at radius 2 is 1.66 bits per heavy atom. The van der Waals surface area contributed by atoms with Gasteiger partial charge in [0.2, 0.25) is 0 Å². The van der Waals surface area contributed by atoms with E-state index in [1.165, 1.54) is 12.1 Å². The lowest BCUT2D eigenvalue weighted by Crippen LogP contribution is -2.44. The summed E-state index contributed by atoms with van der Waals surface area (Å²) in [5.74, 6) is 0.0904. The van der Waals surface area contributed by atoms with Crippen LogP contribution in [0.5, 0.6) is 5.75 Å². The standard InChI is InChI=1S/C21H27F3O5/c1-2-3-4-16-11-27-20(28-12-16)17-13-25-19(26-14-17)10-7-15-5-8-18(9-6-15)29-21(22,23)24/h3-6,8-9,16-17,19-20H,2,7,10-14H2,1H3. The average molecular weight is 416 g/mol. The molecular weight excluding hydrogens is 389 g/mol. The third-order valence-corrected chi connectivity index (χ3v) is 4.80. The van der Waals surface area contributed by atoms with Crippen LogP contribution in [0.25, 0.3) is 0 Å². The molecule has 8 heteroatoms. The second-order valence-electron chi connectivity index (χ2n) is 7.22. The highest BCUT2D eigenvalue weighted by Gasteiger charge is 2.33. The molecule has 0 unspecified atom stereocenters. The molecule has 2 aliphatic heterocycles. The van der Waals surface area contributed by atoms with Gasteiger partial charge in [0.1, 0.15) is 5.75 Å². The fourth-order valence-electron chi connectivity index (χ4n) is 3.27. The number of halogens is 3. The first-order valence-electron chi connectivity index (χ1n) is 9.90. The van der Waals surface area contributed by atoms with Crippen LogP contribution in [0.15, 0.2) is 36.4 Å². The number of hydrogen-bond acceptors (Lipinski definition) is 5. The van der Waals surface area contributed by atoms with Crippen molar-refractivity contribution >= 4 is 0 Å². The zero-order valence-corrected chi connectivity index (χ0v) is 16.4. The number of ether oxygens (including phenoxy) is 5. The average Bonchev–Trinajstić information content (AvgIpc) is 2.71. The van der Waals surface area contributed by atoms with Gasteiger partial charge in [0, 0.05) is 12.3 Å². The Kier molecular flexibility index (Phi) is 7.94. The number of alkyl halides is 3.